The summed E-state index contributed by atoms with van der Waals surface area (Å²) in [5.74, 6) is -0.348. The van der Waals surface area contributed by atoms with E-state index in [-0.39, 0.29) is 24.7 Å². The summed E-state index contributed by atoms with van der Waals surface area (Å²) in [5, 5.41) is 0. The van der Waals surface area contributed by atoms with Gasteiger partial charge in [0.15, 0.2) is 0 Å². The van der Waals surface area contributed by atoms with Crippen molar-refractivity contribution in [2.75, 3.05) is 20.3 Å². The van der Waals surface area contributed by atoms with Crippen LogP contribution in [0, 0.1) is 0 Å². The van der Waals surface area contributed by atoms with E-state index in [0.29, 0.717) is 25.0 Å². The highest BCUT2D eigenvalue weighted by Crippen LogP contribution is 2.53. The van der Waals surface area contributed by atoms with Crippen molar-refractivity contribution >= 4 is 23.5 Å². The molecule has 4 rings (SSSR count). The summed E-state index contributed by atoms with van der Waals surface area (Å²) in [6.07, 6.45) is 4.17. The van der Waals surface area contributed by atoms with Gasteiger partial charge in [-0.25, -0.2) is 9.59 Å². The van der Waals surface area contributed by atoms with Crippen molar-refractivity contribution in [3.63, 3.8) is 0 Å². The van der Waals surface area contributed by atoms with Gasteiger partial charge in [-0.1, -0.05) is 36.9 Å². The minimum Gasteiger partial charge on any atom is -0.458 e. The first-order valence-electron chi connectivity index (χ1n) is 8.65. The summed E-state index contributed by atoms with van der Waals surface area (Å²) >= 11 is 0. The number of nitrogens with zero attached hydrogens (tertiary/aromatic N) is 2. The number of esters is 1. The molecule has 1 aromatic carbocycles. The van der Waals surface area contributed by atoms with Crippen molar-refractivity contribution < 1.29 is 19.1 Å². The highest BCUT2D eigenvalue weighted by molar-refractivity contribution is 6.15. The van der Waals surface area contributed by atoms with Gasteiger partial charge in [0.05, 0.1) is 30.0 Å². The van der Waals surface area contributed by atoms with Crippen LogP contribution in [-0.2, 0) is 19.7 Å². The van der Waals surface area contributed by atoms with Gasteiger partial charge >= 0.3 is 12.1 Å². The second-order valence-corrected chi connectivity index (χ2v) is 6.59. The third kappa shape index (κ3) is 2.14. The number of aliphatic imine (C=N–C) groups is 1. The van der Waals surface area contributed by atoms with E-state index < -0.39 is 5.41 Å². The molecule has 2 unspecified atom stereocenters. The summed E-state index contributed by atoms with van der Waals surface area (Å²) in [6, 6.07) is 7.63. The topological polar surface area (TPSA) is 68.2 Å². The lowest BCUT2D eigenvalue weighted by Gasteiger charge is -2.48. The highest BCUT2D eigenvalue weighted by Gasteiger charge is 2.57. The fraction of sp³-hybridized carbons (Fsp3) is 0.350. The number of likely N-dealkylation sites (tertiary alicyclic amines) is 1. The number of carbonyl (C=O) groups excluding carboxylic acids is 2. The average molecular weight is 352 g/mol. The van der Waals surface area contributed by atoms with Crippen LogP contribution < -0.4 is 0 Å². The molecule has 1 amide bonds. The molecule has 1 fully saturated rings. The number of rotatable bonds is 3. The van der Waals surface area contributed by atoms with E-state index in [1.165, 1.54) is 7.11 Å². The largest absolute Gasteiger partial charge is 0.458 e. The van der Waals surface area contributed by atoms with E-state index in [4.69, 9.17) is 14.5 Å². The van der Waals surface area contributed by atoms with E-state index in [9.17, 15) is 9.59 Å². The van der Waals surface area contributed by atoms with Gasteiger partial charge in [-0.2, -0.15) is 0 Å². The smallest absolute Gasteiger partial charge is 0.410 e. The number of hydrogen-bond donors (Lipinski definition) is 0. The summed E-state index contributed by atoms with van der Waals surface area (Å²) in [5.41, 5.74) is 2.68. The Bertz CT molecular complexity index is 857. The number of ether oxygens (including phenoxy) is 2. The maximum Gasteiger partial charge on any atom is 0.410 e. The van der Waals surface area contributed by atoms with Gasteiger partial charge in [0, 0.05) is 12.1 Å². The minimum atomic E-state index is -0.623. The van der Waals surface area contributed by atoms with Gasteiger partial charge in [0.25, 0.3) is 0 Å². The minimum absolute atomic E-state index is 0.165. The zero-order valence-electron chi connectivity index (χ0n) is 14.6. The van der Waals surface area contributed by atoms with Crippen molar-refractivity contribution in [1.29, 1.82) is 0 Å². The molecule has 0 spiro atoms. The molecule has 0 N–H and O–H groups in total. The second kappa shape index (κ2) is 6.12. The van der Waals surface area contributed by atoms with E-state index in [2.05, 4.69) is 6.58 Å². The Morgan fingerprint density at radius 3 is 3.00 bits per heavy atom. The molecule has 134 valence electrons. The van der Waals surface area contributed by atoms with Crippen LogP contribution >= 0.6 is 0 Å². The first-order chi connectivity index (χ1) is 12.6. The lowest BCUT2D eigenvalue weighted by Crippen LogP contribution is -2.60. The fourth-order valence-corrected chi connectivity index (χ4v) is 4.37. The molecular formula is C20H20N2O4. The third-order valence-corrected chi connectivity index (χ3v) is 5.43. The monoisotopic (exact) mass is 352 g/mol. The molecule has 26 heavy (non-hydrogen) atoms. The van der Waals surface area contributed by atoms with Gasteiger partial charge in [0.2, 0.25) is 0 Å². The summed E-state index contributed by atoms with van der Waals surface area (Å²) in [6.45, 7) is 4.26. The first kappa shape index (κ1) is 16.6. The molecule has 3 aliphatic rings. The van der Waals surface area contributed by atoms with Crippen molar-refractivity contribution in [2.45, 2.75) is 24.3 Å². The van der Waals surface area contributed by atoms with Gasteiger partial charge in [-0.3, -0.25) is 9.89 Å². The Kier molecular flexibility index (Phi) is 3.90. The zero-order valence-corrected chi connectivity index (χ0v) is 14.6. The molecule has 1 aliphatic carbocycles. The molecule has 2 aliphatic heterocycles. The number of benzene rings is 1. The molecule has 6 heteroatoms. The van der Waals surface area contributed by atoms with Crippen LogP contribution in [-0.4, -0.2) is 49.0 Å². The van der Waals surface area contributed by atoms with Crippen LogP contribution in [0.1, 0.15) is 18.4 Å². The number of para-hydroxylation sites is 1. The molecule has 2 heterocycles. The molecule has 1 aromatic rings. The predicted octanol–water partition coefficient (Wildman–Crippen LogP) is 2.91. The second-order valence-electron chi connectivity index (χ2n) is 6.59. The van der Waals surface area contributed by atoms with Gasteiger partial charge in [-0.05, 0) is 24.5 Å². The normalized spacial score (nSPS) is 25.4. The van der Waals surface area contributed by atoms with Gasteiger partial charge in [-0.15, -0.1) is 0 Å². The highest BCUT2D eigenvalue weighted by atomic mass is 16.5. The van der Waals surface area contributed by atoms with Crippen LogP contribution in [0.2, 0.25) is 0 Å². The molecule has 1 saturated heterocycles. The third-order valence-electron chi connectivity index (χ3n) is 5.43. The number of carbonyl (C=O) groups is 2. The fourth-order valence-electron chi connectivity index (χ4n) is 4.37. The molecular weight excluding hydrogens is 332 g/mol. The summed E-state index contributed by atoms with van der Waals surface area (Å²) in [4.78, 5) is 31.5. The molecule has 2 bridgehead atoms. The quantitative estimate of drug-likeness (QED) is 0.620. The Balaban J connectivity index is 1.84. The number of fused-ring (bicyclic) bond motifs is 1. The maximum absolute atomic E-state index is 12.8. The van der Waals surface area contributed by atoms with Crippen LogP contribution in [0.5, 0.6) is 0 Å². The number of methoxy groups -OCH3 is 1. The zero-order chi connectivity index (χ0) is 18.3. The van der Waals surface area contributed by atoms with Gasteiger partial charge in [0.1, 0.15) is 6.61 Å². The van der Waals surface area contributed by atoms with Crippen molar-refractivity contribution in [1.82, 2.24) is 4.90 Å². The van der Waals surface area contributed by atoms with Crippen molar-refractivity contribution in [3.05, 3.63) is 54.1 Å². The molecule has 2 atom stereocenters. The Labute approximate surface area is 151 Å². The van der Waals surface area contributed by atoms with E-state index in [1.54, 1.807) is 11.0 Å². The summed E-state index contributed by atoms with van der Waals surface area (Å²) < 4.78 is 10.3. The Morgan fingerprint density at radius 1 is 1.42 bits per heavy atom. The molecule has 0 saturated carbocycles. The average Bonchev–Trinajstić information content (AvgIpc) is 3.02. The number of amides is 1. The summed E-state index contributed by atoms with van der Waals surface area (Å²) in [7, 11) is 1.38. The van der Waals surface area contributed by atoms with Gasteiger partial charge < -0.3 is 9.47 Å². The molecule has 6 nitrogen and oxygen atoms in total. The Hall–Kier alpha value is -2.89. The van der Waals surface area contributed by atoms with Crippen LogP contribution in [0.4, 0.5) is 10.5 Å². The van der Waals surface area contributed by atoms with E-state index in [1.807, 2.05) is 30.3 Å². The van der Waals surface area contributed by atoms with Crippen LogP contribution in [0.15, 0.2) is 53.6 Å². The van der Waals surface area contributed by atoms with Crippen molar-refractivity contribution in [2.24, 2.45) is 4.99 Å². The van der Waals surface area contributed by atoms with E-state index in [0.717, 1.165) is 17.0 Å². The Morgan fingerprint density at radius 2 is 2.23 bits per heavy atom. The predicted molar refractivity (Wildman–Crippen MR) is 96.6 cm³/mol. The SMILES string of the molecule is C=CCOC(=O)C1=CCC2C3=Nc4ccccc4C13CCN2C(=O)OC. The van der Waals surface area contributed by atoms with Crippen LogP contribution in [0.25, 0.3) is 0 Å². The number of piperidine rings is 1. The maximum atomic E-state index is 12.8. The molecule has 0 aromatic heterocycles. The lowest BCUT2D eigenvalue weighted by molar-refractivity contribution is -0.138. The standard InChI is InChI=1S/C20H20N2O4/c1-3-12-26-18(23)14-8-9-16-17-20(14,10-11-22(16)19(24)25-2)13-6-4-5-7-15(13)21-17/h3-8,16H,1,9-12H2,2H3. The molecule has 0 radical (unpaired) electrons. The van der Waals surface area contributed by atoms with Crippen LogP contribution in [0.3, 0.4) is 0 Å². The first-order valence-corrected chi connectivity index (χ1v) is 8.65. The van der Waals surface area contributed by atoms with Crippen molar-refractivity contribution in [3.8, 4) is 0 Å². The number of hydrogen-bond acceptors (Lipinski definition) is 5. The lowest BCUT2D eigenvalue weighted by atomic mass is 9.62. The van der Waals surface area contributed by atoms with E-state index >= 15 is 0 Å².